The van der Waals surface area contributed by atoms with Crippen LogP contribution in [0.2, 0.25) is 0 Å². The number of hydrogen-bond acceptors (Lipinski definition) is 3. The Morgan fingerprint density at radius 3 is 2.57 bits per heavy atom. The van der Waals surface area contributed by atoms with E-state index in [1.165, 1.54) is 48.4 Å². The molecule has 2 aromatic rings. The fourth-order valence-corrected chi connectivity index (χ4v) is 5.26. The van der Waals surface area contributed by atoms with Crippen LogP contribution >= 0.6 is 11.8 Å². The van der Waals surface area contributed by atoms with Gasteiger partial charge in [-0.05, 0) is 69.3 Å². The zero-order chi connectivity index (χ0) is 19.3. The quantitative estimate of drug-likeness (QED) is 0.679. The van der Waals surface area contributed by atoms with Gasteiger partial charge in [0.15, 0.2) is 0 Å². The van der Waals surface area contributed by atoms with Crippen molar-refractivity contribution in [3.05, 3.63) is 59.7 Å². The van der Waals surface area contributed by atoms with Crippen LogP contribution in [0.1, 0.15) is 36.8 Å². The first-order valence-electron chi connectivity index (χ1n) is 10.5. The van der Waals surface area contributed by atoms with E-state index in [1.807, 2.05) is 11.0 Å². The number of thioether (sulfide) groups is 1. The lowest BCUT2D eigenvalue weighted by molar-refractivity contribution is -0.116. The number of rotatable bonds is 6. The number of likely N-dealkylation sites (tertiary alicyclic amines) is 1. The molecule has 0 N–H and O–H groups in total. The molecule has 3 nitrogen and oxygen atoms in total. The Balaban J connectivity index is 1.22. The smallest absolute Gasteiger partial charge is 0.237 e. The van der Waals surface area contributed by atoms with Gasteiger partial charge in [0.1, 0.15) is 0 Å². The van der Waals surface area contributed by atoms with Crippen LogP contribution in [0, 0.1) is 12.8 Å². The van der Waals surface area contributed by atoms with Crippen molar-refractivity contribution < 1.29 is 4.79 Å². The highest BCUT2D eigenvalue weighted by atomic mass is 32.2. The molecule has 2 heterocycles. The zero-order valence-corrected chi connectivity index (χ0v) is 17.6. The van der Waals surface area contributed by atoms with Crippen LogP contribution in [-0.2, 0) is 11.3 Å². The highest BCUT2D eigenvalue weighted by Gasteiger charge is 2.25. The summed E-state index contributed by atoms with van der Waals surface area (Å²) in [5.41, 5.74) is 3.86. The molecule has 1 saturated heterocycles. The summed E-state index contributed by atoms with van der Waals surface area (Å²) < 4.78 is 0. The lowest BCUT2D eigenvalue weighted by atomic mass is 9.92. The number of hydrogen-bond donors (Lipinski definition) is 0. The van der Waals surface area contributed by atoms with Crippen LogP contribution in [0.25, 0.3) is 0 Å². The van der Waals surface area contributed by atoms with Gasteiger partial charge in [0.05, 0.1) is 11.4 Å². The van der Waals surface area contributed by atoms with Crippen molar-refractivity contribution in [3.8, 4) is 0 Å². The molecule has 1 fully saturated rings. The van der Waals surface area contributed by atoms with E-state index in [9.17, 15) is 4.79 Å². The molecular weight excluding hydrogens is 364 g/mol. The minimum Gasteiger partial charge on any atom is -0.311 e. The van der Waals surface area contributed by atoms with Gasteiger partial charge >= 0.3 is 0 Å². The average Bonchev–Trinajstić information content (AvgIpc) is 2.72. The van der Waals surface area contributed by atoms with Gasteiger partial charge in [0.2, 0.25) is 5.91 Å². The SMILES string of the molecule is Cc1ccc(CN2CCC(CCCN3C(=O)CSc4ccccc43)CC2)cc1. The lowest BCUT2D eigenvalue weighted by Gasteiger charge is -2.33. The van der Waals surface area contributed by atoms with Crippen molar-refractivity contribution in [3.63, 3.8) is 0 Å². The normalized spacial score (nSPS) is 18.3. The molecular formula is C24H30N2OS. The molecule has 4 heteroatoms. The molecule has 0 aromatic heterocycles. The standard InChI is InChI=1S/C24H30N2OS/c1-19-8-10-21(11-9-19)17-25-15-12-20(13-16-25)5-4-14-26-22-6-2-3-7-23(22)28-18-24(26)27/h2-3,6-11,20H,4-5,12-18H2,1H3. The summed E-state index contributed by atoms with van der Waals surface area (Å²) in [6.45, 7) is 6.47. The van der Waals surface area contributed by atoms with Crippen LogP contribution < -0.4 is 4.90 Å². The van der Waals surface area contributed by atoms with Gasteiger partial charge < -0.3 is 4.90 Å². The largest absolute Gasteiger partial charge is 0.311 e. The summed E-state index contributed by atoms with van der Waals surface area (Å²) in [7, 11) is 0. The van der Waals surface area contributed by atoms with Gasteiger partial charge in [0, 0.05) is 18.0 Å². The topological polar surface area (TPSA) is 23.6 Å². The highest BCUT2D eigenvalue weighted by Crippen LogP contribution is 2.35. The second-order valence-electron chi connectivity index (χ2n) is 8.15. The van der Waals surface area contributed by atoms with Gasteiger partial charge in [-0.1, -0.05) is 42.0 Å². The first-order valence-corrected chi connectivity index (χ1v) is 11.5. The Morgan fingerprint density at radius 2 is 1.79 bits per heavy atom. The van der Waals surface area contributed by atoms with E-state index in [1.54, 1.807) is 11.8 Å². The van der Waals surface area contributed by atoms with Crippen LogP contribution in [0.15, 0.2) is 53.4 Å². The molecule has 0 atom stereocenters. The second kappa shape index (κ2) is 9.15. The third kappa shape index (κ3) is 4.79. The number of benzene rings is 2. The van der Waals surface area contributed by atoms with E-state index >= 15 is 0 Å². The predicted octanol–water partition coefficient (Wildman–Crippen LogP) is 5.13. The minimum atomic E-state index is 0.261. The zero-order valence-electron chi connectivity index (χ0n) is 16.8. The Labute approximate surface area is 173 Å². The van der Waals surface area contributed by atoms with E-state index in [-0.39, 0.29) is 5.91 Å². The van der Waals surface area contributed by atoms with E-state index in [0.717, 1.165) is 31.1 Å². The van der Waals surface area contributed by atoms with Gasteiger partial charge in [-0.2, -0.15) is 0 Å². The number of para-hydroxylation sites is 1. The third-order valence-electron chi connectivity index (χ3n) is 6.04. The van der Waals surface area contributed by atoms with Crippen molar-refractivity contribution in [1.29, 1.82) is 0 Å². The summed E-state index contributed by atoms with van der Waals surface area (Å²) >= 11 is 1.67. The van der Waals surface area contributed by atoms with Crippen molar-refractivity contribution in [1.82, 2.24) is 4.90 Å². The Bertz CT molecular complexity index is 797. The molecule has 4 rings (SSSR count). The maximum atomic E-state index is 12.4. The maximum absolute atomic E-state index is 12.4. The molecule has 0 bridgehead atoms. The molecule has 0 radical (unpaired) electrons. The molecule has 28 heavy (non-hydrogen) atoms. The van der Waals surface area contributed by atoms with E-state index in [2.05, 4.69) is 54.3 Å². The van der Waals surface area contributed by atoms with Gasteiger partial charge in [-0.3, -0.25) is 9.69 Å². The van der Waals surface area contributed by atoms with Crippen LogP contribution in [0.3, 0.4) is 0 Å². The molecule has 148 valence electrons. The summed E-state index contributed by atoms with van der Waals surface area (Å²) in [6, 6.07) is 17.2. The number of carbonyl (C=O) groups is 1. The van der Waals surface area contributed by atoms with Crippen LogP contribution in [0.5, 0.6) is 0 Å². The Hall–Kier alpha value is -1.78. The summed E-state index contributed by atoms with van der Waals surface area (Å²) in [5.74, 6) is 1.64. The fraction of sp³-hybridized carbons (Fsp3) is 0.458. The average molecular weight is 395 g/mol. The van der Waals surface area contributed by atoms with Crippen LogP contribution in [-0.4, -0.2) is 36.2 Å². The lowest BCUT2D eigenvalue weighted by Crippen LogP contribution is -2.37. The predicted molar refractivity (Wildman–Crippen MR) is 118 cm³/mol. The number of aryl methyl sites for hydroxylation is 1. The number of anilines is 1. The van der Waals surface area contributed by atoms with Crippen LogP contribution in [0.4, 0.5) is 5.69 Å². The Kier molecular flexibility index (Phi) is 6.38. The first kappa shape index (κ1) is 19.5. The second-order valence-corrected chi connectivity index (χ2v) is 9.17. The van der Waals surface area contributed by atoms with Gasteiger partial charge in [-0.15, -0.1) is 11.8 Å². The van der Waals surface area contributed by atoms with Crippen molar-refractivity contribution >= 4 is 23.4 Å². The summed E-state index contributed by atoms with van der Waals surface area (Å²) in [5, 5.41) is 0. The number of fused-ring (bicyclic) bond motifs is 1. The molecule has 0 spiro atoms. The molecule has 0 unspecified atom stereocenters. The molecule has 0 saturated carbocycles. The Morgan fingerprint density at radius 1 is 1.04 bits per heavy atom. The molecule has 2 aliphatic heterocycles. The van der Waals surface area contributed by atoms with Crippen molar-refractivity contribution in [2.24, 2.45) is 5.92 Å². The molecule has 1 amide bonds. The van der Waals surface area contributed by atoms with Crippen molar-refractivity contribution in [2.45, 2.75) is 44.0 Å². The minimum absolute atomic E-state index is 0.261. The van der Waals surface area contributed by atoms with Gasteiger partial charge in [-0.25, -0.2) is 0 Å². The summed E-state index contributed by atoms with van der Waals surface area (Å²) in [4.78, 5) is 18.2. The first-order chi connectivity index (χ1) is 13.7. The highest BCUT2D eigenvalue weighted by molar-refractivity contribution is 8.00. The van der Waals surface area contributed by atoms with Crippen molar-refractivity contribution in [2.75, 3.05) is 30.3 Å². The number of amides is 1. The number of piperidine rings is 1. The van der Waals surface area contributed by atoms with Gasteiger partial charge in [0.25, 0.3) is 0 Å². The van der Waals surface area contributed by atoms with E-state index < -0.39 is 0 Å². The number of nitrogens with zero attached hydrogens (tertiary/aromatic N) is 2. The molecule has 0 aliphatic carbocycles. The summed E-state index contributed by atoms with van der Waals surface area (Å²) in [6.07, 6.45) is 4.91. The molecule has 2 aliphatic rings. The third-order valence-corrected chi connectivity index (χ3v) is 7.08. The van der Waals surface area contributed by atoms with E-state index in [0.29, 0.717) is 5.75 Å². The maximum Gasteiger partial charge on any atom is 0.237 e. The fourth-order valence-electron chi connectivity index (χ4n) is 4.32. The van der Waals surface area contributed by atoms with E-state index in [4.69, 9.17) is 0 Å². The molecule has 2 aromatic carbocycles. The monoisotopic (exact) mass is 394 g/mol. The number of carbonyl (C=O) groups excluding carboxylic acids is 1.